The van der Waals surface area contributed by atoms with E-state index in [1.54, 1.807) is 10.8 Å². The Hall–Kier alpha value is -0.833. The van der Waals surface area contributed by atoms with Gasteiger partial charge in [0, 0.05) is 11.2 Å². The number of aromatic nitrogens is 2. The van der Waals surface area contributed by atoms with Crippen LogP contribution >= 0.6 is 23.8 Å². The minimum Gasteiger partial charge on any atom is -0.858 e. The molecule has 106 valence electrons. The zero-order valence-electron chi connectivity index (χ0n) is 12.0. The molecule has 0 amide bonds. The number of hydrogen-bond donors (Lipinski definition) is 0. The second kappa shape index (κ2) is 8.57. The molecule has 0 unspecified atom stereocenters. The van der Waals surface area contributed by atoms with Crippen LogP contribution in [-0.4, -0.2) is 9.55 Å². The number of aryl methyl sites for hydroxylation is 1. The van der Waals surface area contributed by atoms with Crippen LogP contribution in [0.3, 0.4) is 0 Å². The summed E-state index contributed by atoms with van der Waals surface area (Å²) in [7, 11) is 0. The largest absolute Gasteiger partial charge is 1.00 e. The third kappa shape index (κ3) is 5.14. The molecule has 1 aromatic heterocycles. The Kier molecular flexibility index (Phi) is 7.44. The SMILES string of the molecule is CCc1cn(COCc2ccc(Cl)cc2)c(=S)nc1[O-].[Li+]. The third-order valence-corrected chi connectivity index (χ3v) is 3.40. The van der Waals surface area contributed by atoms with Crippen LogP contribution in [-0.2, 0) is 24.5 Å². The molecule has 0 saturated carbocycles. The molecule has 2 aromatic rings. The van der Waals surface area contributed by atoms with Crippen LogP contribution in [0.4, 0.5) is 0 Å². The molecular formula is C14H14ClLiN2O2S. The van der Waals surface area contributed by atoms with E-state index in [0.717, 1.165) is 5.56 Å². The van der Waals surface area contributed by atoms with Crippen molar-refractivity contribution in [1.29, 1.82) is 0 Å². The van der Waals surface area contributed by atoms with Crippen LogP contribution in [0.5, 0.6) is 5.88 Å². The van der Waals surface area contributed by atoms with Crippen molar-refractivity contribution in [2.24, 2.45) is 0 Å². The summed E-state index contributed by atoms with van der Waals surface area (Å²) in [5, 5.41) is 12.2. The van der Waals surface area contributed by atoms with Crippen molar-refractivity contribution in [1.82, 2.24) is 9.55 Å². The Morgan fingerprint density at radius 3 is 2.62 bits per heavy atom. The van der Waals surface area contributed by atoms with Crippen molar-refractivity contribution < 1.29 is 28.7 Å². The smallest absolute Gasteiger partial charge is 0.858 e. The minimum atomic E-state index is -0.258. The molecule has 0 aliphatic carbocycles. The summed E-state index contributed by atoms with van der Waals surface area (Å²) < 4.78 is 7.47. The number of hydrogen-bond acceptors (Lipinski definition) is 4. The van der Waals surface area contributed by atoms with E-state index in [-0.39, 0.29) is 36.2 Å². The molecular weight excluding hydrogens is 303 g/mol. The van der Waals surface area contributed by atoms with Crippen LogP contribution in [0, 0.1) is 4.77 Å². The van der Waals surface area contributed by atoms with Crippen molar-refractivity contribution in [2.75, 3.05) is 0 Å². The van der Waals surface area contributed by atoms with Gasteiger partial charge in [-0.1, -0.05) is 30.7 Å². The van der Waals surface area contributed by atoms with Gasteiger partial charge in [0.25, 0.3) is 0 Å². The first-order valence-electron chi connectivity index (χ1n) is 6.19. The summed E-state index contributed by atoms with van der Waals surface area (Å²) in [6, 6.07) is 7.43. The van der Waals surface area contributed by atoms with Gasteiger partial charge in [-0.3, -0.25) is 4.57 Å². The van der Waals surface area contributed by atoms with Crippen molar-refractivity contribution in [3.8, 4) is 5.88 Å². The number of benzene rings is 1. The van der Waals surface area contributed by atoms with Crippen LogP contribution in [0.1, 0.15) is 18.1 Å². The van der Waals surface area contributed by atoms with Crippen molar-refractivity contribution in [3.05, 3.63) is 51.4 Å². The van der Waals surface area contributed by atoms with Gasteiger partial charge >= 0.3 is 18.9 Å². The third-order valence-electron chi connectivity index (χ3n) is 2.82. The molecule has 7 heteroatoms. The molecule has 0 N–H and O–H groups in total. The molecule has 0 aliphatic heterocycles. The molecule has 0 saturated heterocycles. The normalized spacial score (nSPS) is 10.2. The summed E-state index contributed by atoms with van der Waals surface area (Å²) in [6.45, 7) is 2.61. The maximum atomic E-state index is 11.5. The van der Waals surface area contributed by atoms with Gasteiger partial charge < -0.3 is 9.84 Å². The molecule has 0 spiro atoms. The average Bonchev–Trinajstić information content (AvgIpc) is 2.43. The Bertz CT molecular complexity index is 646. The van der Waals surface area contributed by atoms with E-state index >= 15 is 0 Å². The molecule has 0 fully saturated rings. The minimum absolute atomic E-state index is 0. The van der Waals surface area contributed by atoms with Gasteiger partial charge in [0.2, 0.25) is 4.77 Å². The molecule has 0 aliphatic rings. The van der Waals surface area contributed by atoms with Gasteiger partial charge in [-0.05, 0) is 47.8 Å². The summed E-state index contributed by atoms with van der Waals surface area (Å²) >= 11 is 10.9. The summed E-state index contributed by atoms with van der Waals surface area (Å²) in [6.07, 6.45) is 2.33. The summed E-state index contributed by atoms with van der Waals surface area (Å²) in [5.41, 5.74) is 1.65. The van der Waals surface area contributed by atoms with Crippen LogP contribution in [0.2, 0.25) is 5.02 Å². The maximum Gasteiger partial charge on any atom is 1.00 e. The quantitative estimate of drug-likeness (QED) is 0.579. The molecule has 0 atom stereocenters. The van der Waals surface area contributed by atoms with E-state index in [4.69, 9.17) is 28.6 Å². The molecule has 21 heavy (non-hydrogen) atoms. The van der Waals surface area contributed by atoms with Gasteiger partial charge in [-0.15, -0.1) is 0 Å². The van der Waals surface area contributed by atoms with E-state index in [2.05, 4.69) is 4.98 Å². The molecule has 1 heterocycles. The van der Waals surface area contributed by atoms with Crippen molar-refractivity contribution >= 4 is 23.8 Å². The van der Waals surface area contributed by atoms with Gasteiger partial charge in [0.15, 0.2) is 0 Å². The van der Waals surface area contributed by atoms with E-state index < -0.39 is 0 Å². The molecule has 0 bridgehead atoms. The predicted octanol–water partition coefficient (Wildman–Crippen LogP) is 0.0803. The zero-order chi connectivity index (χ0) is 14.5. The van der Waals surface area contributed by atoms with Crippen LogP contribution in [0.15, 0.2) is 30.5 Å². The van der Waals surface area contributed by atoms with E-state index in [1.807, 2.05) is 31.2 Å². The second-order valence-electron chi connectivity index (χ2n) is 4.28. The maximum absolute atomic E-state index is 11.5. The molecule has 0 radical (unpaired) electrons. The second-order valence-corrected chi connectivity index (χ2v) is 5.08. The number of halogens is 1. The summed E-state index contributed by atoms with van der Waals surface area (Å²) in [5.74, 6) is -0.258. The van der Waals surface area contributed by atoms with Gasteiger partial charge in [-0.2, -0.15) is 0 Å². The van der Waals surface area contributed by atoms with Crippen molar-refractivity contribution in [3.63, 3.8) is 0 Å². The monoisotopic (exact) mass is 316 g/mol. The van der Waals surface area contributed by atoms with Crippen molar-refractivity contribution in [2.45, 2.75) is 26.7 Å². The fourth-order valence-corrected chi connectivity index (χ4v) is 2.01. The van der Waals surface area contributed by atoms with Crippen LogP contribution in [0.25, 0.3) is 0 Å². The number of nitrogens with zero attached hydrogens (tertiary/aromatic N) is 2. The molecule has 4 nitrogen and oxygen atoms in total. The standard InChI is InChI=1S/C14H15ClN2O2S.Li/c1-2-11-7-17(14(20)16-13(11)18)9-19-8-10-3-5-12(15)6-4-10;/h3-7H,2,8-9H2,1H3,(H,16,18,20);/q;+1/p-1. The zero-order valence-corrected chi connectivity index (χ0v) is 13.6. The van der Waals surface area contributed by atoms with E-state index in [0.29, 0.717) is 23.6 Å². The van der Waals surface area contributed by atoms with Gasteiger partial charge in [0.1, 0.15) is 6.73 Å². The first-order chi connectivity index (χ1) is 9.60. The predicted molar refractivity (Wildman–Crippen MR) is 78.1 cm³/mol. The van der Waals surface area contributed by atoms with Gasteiger partial charge in [-0.25, -0.2) is 4.98 Å². The first kappa shape index (κ1) is 18.2. The fraction of sp³-hybridized carbons (Fsp3) is 0.286. The number of ether oxygens (including phenoxy) is 1. The Balaban J connectivity index is 0.00000220. The van der Waals surface area contributed by atoms with E-state index in [9.17, 15) is 5.11 Å². The fourth-order valence-electron chi connectivity index (χ4n) is 1.70. The first-order valence-corrected chi connectivity index (χ1v) is 6.98. The Labute approximate surface area is 145 Å². The van der Waals surface area contributed by atoms with Crippen LogP contribution < -0.4 is 24.0 Å². The Morgan fingerprint density at radius 1 is 1.33 bits per heavy atom. The number of rotatable bonds is 5. The topological polar surface area (TPSA) is 50.1 Å². The molecule has 2 rings (SSSR count). The summed E-state index contributed by atoms with van der Waals surface area (Å²) in [4.78, 5) is 3.81. The van der Waals surface area contributed by atoms with E-state index in [1.165, 1.54) is 0 Å². The molecule has 1 aromatic carbocycles. The average molecular weight is 317 g/mol. The van der Waals surface area contributed by atoms with Gasteiger partial charge in [0.05, 0.1) is 6.61 Å². The Morgan fingerprint density at radius 2 is 2.00 bits per heavy atom.